The first-order valence-corrected chi connectivity index (χ1v) is 1.67. The summed E-state index contributed by atoms with van der Waals surface area (Å²) in [5.41, 5.74) is 0. The van der Waals surface area contributed by atoms with Crippen LogP contribution in [0.1, 0.15) is 0 Å². The van der Waals surface area contributed by atoms with Crippen molar-refractivity contribution in [2.45, 2.75) is 0 Å². The molecule has 0 amide bonds. The van der Waals surface area contributed by atoms with Crippen LogP contribution in [-0.2, 0) is 7.05 Å². The van der Waals surface area contributed by atoms with Crippen molar-refractivity contribution in [3.63, 3.8) is 0 Å². The fraction of sp³-hybridized carbons (Fsp3) is 0.250. The van der Waals surface area contributed by atoms with Gasteiger partial charge in [-0.05, 0) is 0 Å². The van der Waals surface area contributed by atoms with Gasteiger partial charge in [-0.3, -0.25) is 4.68 Å². The normalized spacial score (nSPS) is 8.83. The van der Waals surface area contributed by atoms with Gasteiger partial charge in [0.2, 0.25) is 0 Å². The Hall–Kier alpha value is -0.790. The number of rotatable bonds is 0. The van der Waals surface area contributed by atoms with Crippen molar-refractivity contribution in [1.82, 2.24) is 9.78 Å². The summed E-state index contributed by atoms with van der Waals surface area (Å²) in [4.78, 5) is 0. The minimum atomic E-state index is 1.64. The Morgan fingerprint density at radius 1 is 1.83 bits per heavy atom. The van der Waals surface area contributed by atoms with Crippen molar-refractivity contribution >= 4 is 0 Å². The Morgan fingerprint density at radius 3 is 2.83 bits per heavy atom. The third kappa shape index (κ3) is 0.407. The van der Waals surface area contributed by atoms with E-state index in [1.807, 2.05) is 7.05 Å². The summed E-state index contributed by atoms with van der Waals surface area (Å²) in [6.07, 6.45) is 4.23. The maximum atomic E-state index is 3.65. The maximum absolute atomic E-state index is 3.65. The third-order valence-electron chi connectivity index (χ3n) is 0.524. The van der Waals surface area contributed by atoms with E-state index in [9.17, 15) is 0 Å². The van der Waals surface area contributed by atoms with Crippen LogP contribution >= 0.6 is 0 Å². The van der Waals surface area contributed by atoms with E-state index in [2.05, 4.69) is 17.4 Å². The van der Waals surface area contributed by atoms with Crippen LogP contribution in [0.25, 0.3) is 0 Å². The van der Waals surface area contributed by atoms with Gasteiger partial charge >= 0.3 is 0 Å². The van der Waals surface area contributed by atoms with E-state index < -0.39 is 0 Å². The molecule has 1 heterocycles. The maximum Gasteiger partial charge on any atom is 0.121 e. The van der Waals surface area contributed by atoms with Gasteiger partial charge < -0.3 is 0 Å². The second kappa shape index (κ2) is 1.12. The quantitative estimate of drug-likeness (QED) is 0.429. The van der Waals surface area contributed by atoms with Crippen LogP contribution in [0.2, 0.25) is 0 Å². The standard InChI is InChI=1S/C4H4N2/c1-6-4-2-3-5-6/h4H,1H3. The summed E-state index contributed by atoms with van der Waals surface area (Å²) in [5, 5.41) is 3.65. The average Bonchev–Trinajstić information content (AvgIpc) is 1.86. The van der Waals surface area contributed by atoms with Crippen LogP contribution in [0, 0.1) is 12.3 Å². The summed E-state index contributed by atoms with van der Waals surface area (Å²) in [5.74, 6) is 0. The first-order chi connectivity index (χ1) is 2.89. The average molecular weight is 80.1 g/mol. The molecule has 0 N–H and O–H groups in total. The zero-order valence-corrected chi connectivity index (χ0v) is 3.47. The largest absolute Gasteiger partial charge is 0.274 e. The number of nitrogens with zero attached hydrogens (tertiary/aromatic N) is 2. The van der Waals surface area contributed by atoms with E-state index >= 15 is 0 Å². The summed E-state index contributed by atoms with van der Waals surface area (Å²) >= 11 is 0. The van der Waals surface area contributed by atoms with Crippen molar-refractivity contribution in [2.75, 3.05) is 0 Å². The van der Waals surface area contributed by atoms with Gasteiger partial charge in [-0.15, -0.1) is 0 Å². The van der Waals surface area contributed by atoms with Gasteiger partial charge in [0.05, 0.1) is 0 Å². The highest BCUT2D eigenvalue weighted by molar-refractivity contribution is 4.69. The lowest BCUT2D eigenvalue weighted by atomic mass is 10.8. The van der Waals surface area contributed by atoms with Gasteiger partial charge in [-0.2, -0.15) is 5.10 Å². The Bertz CT molecular complexity index is 109. The number of aryl methyl sites for hydroxylation is 1. The second-order valence-electron chi connectivity index (χ2n) is 1.06. The summed E-state index contributed by atoms with van der Waals surface area (Å²) in [6, 6.07) is 2.66. The smallest absolute Gasteiger partial charge is 0.121 e. The lowest BCUT2D eigenvalue weighted by molar-refractivity contribution is 0.765. The molecule has 0 aromatic carbocycles. The molecule has 0 aliphatic carbocycles. The highest BCUT2D eigenvalue weighted by Crippen LogP contribution is 1.70. The van der Waals surface area contributed by atoms with Gasteiger partial charge in [0.1, 0.15) is 6.20 Å². The van der Waals surface area contributed by atoms with Crippen LogP contribution in [0.4, 0.5) is 0 Å². The first-order valence-electron chi connectivity index (χ1n) is 1.67. The van der Waals surface area contributed by atoms with Crippen LogP contribution in [0.15, 0.2) is 6.20 Å². The topological polar surface area (TPSA) is 17.8 Å². The van der Waals surface area contributed by atoms with Crippen molar-refractivity contribution in [3.05, 3.63) is 18.5 Å². The highest BCUT2D eigenvalue weighted by Gasteiger charge is 1.71. The van der Waals surface area contributed by atoms with Crippen LogP contribution in [-0.4, -0.2) is 9.78 Å². The molecule has 0 spiro atoms. The predicted octanol–water partition coefficient (Wildman–Crippen LogP) is 0.0205. The van der Waals surface area contributed by atoms with Crippen LogP contribution < -0.4 is 0 Å². The van der Waals surface area contributed by atoms with E-state index in [4.69, 9.17) is 0 Å². The van der Waals surface area contributed by atoms with E-state index in [0.29, 0.717) is 0 Å². The number of hydrogen-bond acceptors (Lipinski definition) is 1. The molecule has 2 heteroatoms. The Kier molecular flexibility index (Phi) is 0.638. The summed E-state index contributed by atoms with van der Waals surface area (Å²) in [6.45, 7) is 0. The van der Waals surface area contributed by atoms with Gasteiger partial charge in [-0.1, -0.05) is 0 Å². The minimum Gasteiger partial charge on any atom is -0.274 e. The number of aromatic nitrogens is 2. The molecule has 0 aliphatic rings. The third-order valence-corrected chi connectivity index (χ3v) is 0.524. The molecule has 2 radical (unpaired) electrons. The summed E-state index contributed by atoms with van der Waals surface area (Å²) in [7, 11) is 1.83. The molecule has 6 heavy (non-hydrogen) atoms. The molecule has 0 saturated carbocycles. The minimum absolute atomic E-state index is 1.64. The Balaban J connectivity index is 3.05. The molecule has 1 aromatic heterocycles. The fourth-order valence-electron chi connectivity index (χ4n) is 0.259. The Morgan fingerprint density at radius 2 is 2.67 bits per heavy atom. The lowest BCUT2D eigenvalue weighted by Crippen LogP contribution is -1.83. The molecule has 2 nitrogen and oxygen atoms in total. The van der Waals surface area contributed by atoms with E-state index in [0.717, 1.165) is 0 Å². The molecule has 0 aliphatic heterocycles. The zero-order valence-electron chi connectivity index (χ0n) is 3.47. The van der Waals surface area contributed by atoms with Gasteiger partial charge in [-0.25, -0.2) is 0 Å². The fourth-order valence-corrected chi connectivity index (χ4v) is 0.259. The van der Waals surface area contributed by atoms with Gasteiger partial charge in [0, 0.05) is 19.3 Å². The molecule has 0 bridgehead atoms. The van der Waals surface area contributed by atoms with Crippen molar-refractivity contribution in [2.24, 2.45) is 7.05 Å². The van der Waals surface area contributed by atoms with E-state index in [1.54, 1.807) is 10.9 Å². The first kappa shape index (κ1) is 3.40. The molecular formula is C4H4N2. The monoisotopic (exact) mass is 80.0 g/mol. The SMILES string of the molecule is Cn1c[c][c]n1. The van der Waals surface area contributed by atoms with Crippen LogP contribution in [0.3, 0.4) is 0 Å². The summed E-state index contributed by atoms with van der Waals surface area (Å²) < 4.78 is 1.64. The highest BCUT2D eigenvalue weighted by atomic mass is 15.2. The predicted molar refractivity (Wildman–Crippen MR) is 20.9 cm³/mol. The molecule has 0 atom stereocenters. The van der Waals surface area contributed by atoms with E-state index in [1.165, 1.54) is 0 Å². The van der Waals surface area contributed by atoms with Gasteiger partial charge in [0.15, 0.2) is 0 Å². The van der Waals surface area contributed by atoms with Crippen LogP contribution in [0.5, 0.6) is 0 Å². The van der Waals surface area contributed by atoms with E-state index in [-0.39, 0.29) is 0 Å². The molecule has 1 aromatic rings. The molecule has 30 valence electrons. The van der Waals surface area contributed by atoms with Crippen molar-refractivity contribution in [1.29, 1.82) is 0 Å². The molecule has 1 rings (SSSR count). The molecule has 0 saturated heterocycles. The lowest BCUT2D eigenvalue weighted by Gasteiger charge is -1.76. The molecule has 0 fully saturated rings. The Labute approximate surface area is 36.4 Å². The van der Waals surface area contributed by atoms with Crippen molar-refractivity contribution < 1.29 is 0 Å². The van der Waals surface area contributed by atoms with Crippen molar-refractivity contribution in [3.8, 4) is 0 Å². The molecular weight excluding hydrogens is 76.1 g/mol. The van der Waals surface area contributed by atoms with Gasteiger partial charge in [0.25, 0.3) is 0 Å². The zero-order chi connectivity index (χ0) is 4.41. The second-order valence-corrected chi connectivity index (χ2v) is 1.06. The molecule has 0 unspecified atom stereocenters. The number of hydrogen-bond donors (Lipinski definition) is 0.